The molecule has 2 aromatic rings. The molecule has 2 aromatic carbocycles. The van der Waals surface area contributed by atoms with Crippen LogP contribution in [0.5, 0.6) is 5.75 Å². The summed E-state index contributed by atoms with van der Waals surface area (Å²) in [6.07, 6.45) is -0.924. The van der Waals surface area contributed by atoms with Crippen LogP contribution in [-0.4, -0.2) is 56.0 Å². The molecule has 3 rings (SSSR count). The number of hydrogen-bond donors (Lipinski definition) is 3. The van der Waals surface area contributed by atoms with Crippen LogP contribution in [0.2, 0.25) is 0 Å². The summed E-state index contributed by atoms with van der Waals surface area (Å²) >= 11 is 0. The molecule has 0 aromatic heterocycles. The number of hydrogen-bond acceptors (Lipinski definition) is 8. The van der Waals surface area contributed by atoms with Crippen molar-refractivity contribution in [1.29, 1.82) is 0 Å². The molecule has 1 heterocycles. The van der Waals surface area contributed by atoms with Gasteiger partial charge in [0.15, 0.2) is 6.10 Å². The largest absolute Gasteiger partial charge is 0.478 e. The zero-order chi connectivity index (χ0) is 28.9. The van der Waals surface area contributed by atoms with E-state index in [2.05, 4.69) is 16.0 Å². The Hall–Kier alpha value is -4.28. The van der Waals surface area contributed by atoms with Gasteiger partial charge < -0.3 is 34.9 Å². The molecule has 2 atom stereocenters. The molecule has 0 spiro atoms. The van der Waals surface area contributed by atoms with Crippen LogP contribution in [0, 0.1) is 5.92 Å². The van der Waals surface area contributed by atoms with Gasteiger partial charge in [-0.2, -0.15) is 0 Å². The van der Waals surface area contributed by atoms with Crippen molar-refractivity contribution in [2.24, 2.45) is 5.92 Å². The van der Waals surface area contributed by atoms with Crippen molar-refractivity contribution in [3.8, 4) is 5.75 Å². The molecule has 216 valence electrons. The van der Waals surface area contributed by atoms with Gasteiger partial charge >= 0.3 is 18.2 Å². The average molecular weight is 556 g/mol. The summed E-state index contributed by atoms with van der Waals surface area (Å²) in [7, 11) is 0. The number of carbonyl (C=O) groups is 4. The molecule has 0 bridgehead atoms. The van der Waals surface area contributed by atoms with Gasteiger partial charge in [-0.15, -0.1) is 0 Å². The lowest BCUT2D eigenvalue weighted by Crippen LogP contribution is -2.44. The minimum absolute atomic E-state index is 0.133. The Morgan fingerprint density at radius 3 is 2.50 bits per heavy atom. The molecule has 1 aliphatic heterocycles. The zero-order valence-corrected chi connectivity index (χ0v) is 23.1. The van der Waals surface area contributed by atoms with Crippen molar-refractivity contribution in [1.82, 2.24) is 10.6 Å². The number of ether oxygens (including phenoxy) is 4. The summed E-state index contributed by atoms with van der Waals surface area (Å²) in [5.74, 6) is -0.258. The molecule has 0 saturated heterocycles. The van der Waals surface area contributed by atoms with Gasteiger partial charge in [0.25, 0.3) is 5.91 Å². The first kappa shape index (κ1) is 30.3. The number of rotatable bonds is 13. The van der Waals surface area contributed by atoms with E-state index in [1.54, 1.807) is 25.1 Å². The summed E-state index contributed by atoms with van der Waals surface area (Å²) in [5.41, 5.74) is 2.04. The molecule has 1 aliphatic rings. The number of anilines is 1. The first-order valence-electron chi connectivity index (χ1n) is 13.4. The second-order valence-electron chi connectivity index (χ2n) is 9.70. The minimum Gasteiger partial charge on any atom is -0.478 e. The number of fused-ring (bicyclic) bond motifs is 1. The molecular weight excluding hydrogens is 518 g/mol. The monoisotopic (exact) mass is 555 g/mol. The molecular formula is C29H37N3O8. The molecule has 11 heteroatoms. The molecule has 40 heavy (non-hydrogen) atoms. The fraction of sp³-hybridized carbons (Fsp3) is 0.448. The van der Waals surface area contributed by atoms with Gasteiger partial charge in [0.2, 0.25) is 0 Å². The van der Waals surface area contributed by atoms with Crippen LogP contribution in [0.4, 0.5) is 15.3 Å². The van der Waals surface area contributed by atoms with Crippen LogP contribution >= 0.6 is 0 Å². The number of alkyl carbamates (subject to hydrolysis) is 2. The average Bonchev–Trinajstić information content (AvgIpc) is 2.93. The van der Waals surface area contributed by atoms with E-state index in [9.17, 15) is 19.2 Å². The van der Waals surface area contributed by atoms with Crippen LogP contribution < -0.4 is 20.7 Å². The molecule has 0 radical (unpaired) electrons. The Bertz CT molecular complexity index is 1160. The second kappa shape index (κ2) is 15.3. The number of amides is 3. The summed E-state index contributed by atoms with van der Waals surface area (Å²) in [5, 5.41) is 8.07. The van der Waals surface area contributed by atoms with Gasteiger partial charge in [0, 0.05) is 13.0 Å². The standard InChI is InChI=1S/C29H37N3O8/c1-4-37-27(34)23(32-29(36)38-17-19(2)3)16-21-12-13-24-22(15-21)31-26(33)25(40-24)11-8-14-30-28(35)39-18-20-9-6-5-7-10-20/h5-7,9-10,12-13,15,19,23,25H,4,8,11,14,16-18H2,1-3H3,(H,30,35)(H,31,33)(H,32,36)/t23-,25+/m0/s1. The van der Waals surface area contributed by atoms with E-state index in [1.807, 2.05) is 44.2 Å². The Labute approximate surface area is 233 Å². The van der Waals surface area contributed by atoms with Crippen molar-refractivity contribution in [3.63, 3.8) is 0 Å². The van der Waals surface area contributed by atoms with Gasteiger partial charge in [0.1, 0.15) is 18.4 Å². The summed E-state index contributed by atoms with van der Waals surface area (Å²) < 4.78 is 21.3. The Morgan fingerprint density at radius 1 is 1.00 bits per heavy atom. The van der Waals surface area contributed by atoms with Gasteiger partial charge in [-0.05, 0) is 48.9 Å². The lowest BCUT2D eigenvalue weighted by atomic mass is 10.0. The Morgan fingerprint density at radius 2 is 1.77 bits per heavy atom. The third-order valence-electron chi connectivity index (χ3n) is 5.84. The minimum atomic E-state index is -0.961. The predicted molar refractivity (Wildman–Crippen MR) is 147 cm³/mol. The highest BCUT2D eigenvalue weighted by atomic mass is 16.6. The van der Waals surface area contributed by atoms with Gasteiger partial charge in [-0.1, -0.05) is 50.2 Å². The second-order valence-corrected chi connectivity index (χ2v) is 9.70. The van der Waals surface area contributed by atoms with E-state index in [-0.39, 0.29) is 38.1 Å². The summed E-state index contributed by atoms with van der Waals surface area (Å²) in [6.45, 7) is 6.39. The molecule has 0 aliphatic carbocycles. The van der Waals surface area contributed by atoms with Crippen LogP contribution in [0.15, 0.2) is 48.5 Å². The summed E-state index contributed by atoms with van der Waals surface area (Å²) in [4.78, 5) is 49.2. The molecule has 3 N–H and O–H groups in total. The molecule has 0 unspecified atom stereocenters. The molecule has 0 fully saturated rings. The lowest BCUT2D eigenvalue weighted by molar-refractivity contribution is -0.145. The Balaban J connectivity index is 1.49. The first-order valence-corrected chi connectivity index (χ1v) is 13.4. The van der Waals surface area contributed by atoms with Crippen molar-refractivity contribution in [2.45, 2.75) is 58.8 Å². The van der Waals surface area contributed by atoms with Gasteiger partial charge in [0.05, 0.1) is 18.9 Å². The van der Waals surface area contributed by atoms with Crippen molar-refractivity contribution in [2.75, 3.05) is 25.1 Å². The highest BCUT2D eigenvalue weighted by Gasteiger charge is 2.29. The highest BCUT2D eigenvalue weighted by Crippen LogP contribution is 2.32. The molecule has 3 amide bonds. The number of benzene rings is 2. The SMILES string of the molecule is CCOC(=O)[C@H](Cc1ccc2c(c1)NC(=O)[C@@H](CCCNC(=O)OCc1ccccc1)O2)NC(=O)OCC(C)C. The highest BCUT2D eigenvalue weighted by molar-refractivity contribution is 5.97. The van der Waals surface area contributed by atoms with Crippen LogP contribution in [0.3, 0.4) is 0 Å². The predicted octanol–water partition coefficient (Wildman–Crippen LogP) is 3.95. The van der Waals surface area contributed by atoms with Crippen molar-refractivity contribution < 1.29 is 38.1 Å². The number of esters is 1. The lowest BCUT2D eigenvalue weighted by Gasteiger charge is -2.26. The van der Waals surface area contributed by atoms with E-state index in [0.717, 1.165) is 5.56 Å². The fourth-order valence-electron chi connectivity index (χ4n) is 3.86. The number of carbonyl (C=O) groups excluding carboxylic acids is 4. The van der Waals surface area contributed by atoms with Crippen LogP contribution in [0.1, 0.15) is 44.7 Å². The first-order chi connectivity index (χ1) is 19.2. The quantitative estimate of drug-likeness (QED) is 0.192. The zero-order valence-electron chi connectivity index (χ0n) is 23.1. The maximum absolute atomic E-state index is 12.6. The Kier molecular flexibility index (Phi) is 11.6. The van der Waals surface area contributed by atoms with Crippen molar-refractivity contribution >= 4 is 29.8 Å². The smallest absolute Gasteiger partial charge is 0.407 e. The van der Waals surface area contributed by atoms with E-state index in [0.29, 0.717) is 36.4 Å². The van der Waals surface area contributed by atoms with Gasteiger partial charge in [-0.25, -0.2) is 14.4 Å². The normalized spacial score (nSPS) is 14.7. The van der Waals surface area contributed by atoms with Crippen LogP contribution in [0.25, 0.3) is 0 Å². The topological polar surface area (TPSA) is 141 Å². The van der Waals surface area contributed by atoms with E-state index >= 15 is 0 Å². The van der Waals surface area contributed by atoms with E-state index in [1.165, 1.54) is 0 Å². The van der Waals surface area contributed by atoms with E-state index in [4.69, 9.17) is 18.9 Å². The third-order valence-corrected chi connectivity index (χ3v) is 5.84. The maximum Gasteiger partial charge on any atom is 0.407 e. The van der Waals surface area contributed by atoms with E-state index < -0.39 is 30.3 Å². The molecule has 11 nitrogen and oxygen atoms in total. The third kappa shape index (κ3) is 9.79. The summed E-state index contributed by atoms with van der Waals surface area (Å²) in [6, 6.07) is 13.6. The van der Waals surface area contributed by atoms with Crippen molar-refractivity contribution in [3.05, 3.63) is 59.7 Å². The molecule has 0 saturated carbocycles. The fourth-order valence-corrected chi connectivity index (χ4v) is 3.86. The van der Waals surface area contributed by atoms with Crippen LogP contribution in [-0.2, 0) is 36.8 Å². The van der Waals surface area contributed by atoms with Gasteiger partial charge in [-0.3, -0.25) is 4.79 Å². The number of nitrogens with one attached hydrogen (secondary N) is 3. The maximum atomic E-state index is 12.6.